The second-order valence-electron chi connectivity index (χ2n) is 5.78. The molecule has 0 unspecified atom stereocenters. The highest BCUT2D eigenvalue weighted by Crippen LogP contribution is 2.10. The number of nitrogens with zero attached hydrogens (tertiary/aromatic N) is 6. The van der Waals surface area contributed by atoms with Crippen LogP contribution in [0.1, 0.15) is 11.3 Å². The Bertz CT molecular complexity index is 1180. The number of fused-ring (bicyclic) bond motifs is 1. The Kier molecular flexibility index (Phi) is 3.34. The van der Waals surface area contributed by atoms with E-state index >= 15 is 0 Å². The SMILES string of the molecule is Cn1c(=O)c2[nH]c(-n3cc(Cc4ccccc4)nn3)nc2n(C)c1=O. The van der Waals surface area contributed by atoms with E-state index in [1.165, 1.54) is 16.3 Å². The highest BCUT2D eigenvalue weighted by atomic mass is 16.2. The molecule has 3 aromatic heterocycles. The number of aromatic amines is 1. The average molecular weight is 337 g/mol. The van der Waals surface area contributed by atoms with Crippen LogP contribution in [-0.4, -0.2) is 34.1 Å². The van der Waals surface area contributed by atoms with Crippen LogP contribution in [0.2, 0.25) is 0 Å². The summed E-state index contributed by atoms with van der Waals surface area (Å²) in [6.07, 6.45) is 2.38. The fourth-order valence-electron chi connectivity index (χ4n) is 2.71. The fourth-order valence-corrected chi connectivity index (χ4v) is 2.71. The Labute approximate surface area is 141 Å². The zero-order valence-corrected chi connectivity index (χ0v) is 13.7. The van der Waals surface area contributed by atoms with Gasteiger partial charge < -0.3 is 4.98 Å². The first-order valence-corrected chi connectivity index (χ1v) is 7.66. The predicted octanol–water partition coefficient (Wildman–Crippen LogP) is 0.132. The van der Waals surface area contributed by atoms with Crippen molar-refractivity contribution in [2.24, 2.45) is 14.1 Å². The first-order chi connectivity index (χ1) is 12.0. The summed E-state index contributed by atoms with van der Waals surface area (Å²) in [6, 6.07) is 9.92. The monoisotopic (exact) mass is 337 g/mol. The van der Waals surface area contributed by atoms with Crippen molar-refractivity contribution in [3.05, 3.63) is 68.6 Å². The van der Waals surface area contributed by atoms with Crippen LogP contribution in [0.5, 0.6) is 0 Å². The lowest BCUT2D eigenvalue weighted by Gasteiger charge is -2.00. The van der Waals surface area contributed by atoms with Crippen LogP contribution in [0.3, 0.4) is 0 Å². The van der Waals surface area contributed by atoms with E-state index in [9.17, 15) is 9.59 Å². The maximum atomic E-state index is 12.2. The normalized spacial score (nSPS) is 11.3. The topological polar surface area (TPSA) is 103 Å². The zero-order chi connectivity index (χ0) is 17.6. The minimum absolute atomic E-state index is 0.250. The lowest BCUT2D eigenvalue weighted by Crippen LogP contribution is -2.36. The van der Waals surface area contributed by atoms with Crippen LogP contribution in [0.25, 0.3) is 17.1 Å². The number of rotatable bonds is 3. The molecule has 0 saturated carbocycles. The molecule has 1 N–H and O–H groups in total. The number of hydrogen-bond acceptors (Lipinski definition) is 5. The Hall–Kier alpha value is -3.49. The minimum Gasteiger partial charge on any atom is -0.316 e. The smallest absolute Gasteiger partial charge is 0.316 e. The molecule has 0 atom stereocenters. The largest absolute Gasteiger partial charge is 0.332 e. The predicted molar refractivity (Wildman–Crippen MR) is 90.7 cm³/mol. The molecule has 4 aromatic rings. The average Bonchev–Trinajstić information content (AvgIpc) is 3.26. The first kappa shape index (κ1) is 15.1. The quantitative estimate of drug-likeness (QED) is 0.572. The maximum Gasteiger partial charge on any atom is 0.332 e. The van der Waals surface area contributed by atoms with E-state index in [1.807, 2.05) is 30.3 Å². The standard InChI is InChI=1S/C16H15N7O2/c1-21-13-12(14(24)22(2)16(21)25)17-15(18-13)23-9-11(19-20-23)8-10-6-4-3-5-7-10/h3-7,9H,8H2,1-2H3,(H,17,18). The molecule has 0 aliphatic carbocycles. The van der Waals surface area contributed by atoms with Crippen molar-refractivity contribution in [1.82, 2.24) is 34.1 Å². The van der Waals surface area contributed by atoms with Crippen LogP contribution < -0.4 is 11.2 Å². The zero-order valence-electron chi connectivity index (χ0n) is 13.7. The first-order valence-electron chi connectivity index (χ1n) is 7.66. The Morgan fingerprint density at radius 2 is 1.84 bits per heavy atom. The van der Waals surface area contributed by atoms with Crippen LogP contribution in [0, 0.1) is 0 Å². The summed E-state index contributed by atoms with van der Waals surface area (Å²) in [6.45, 7) is 0. The van der Waals surface area contributed by atoms with Crippen molar-refractivity contribution in [2.45, 2.75) is 6.42 Å². The molecule has 1 aromatic carbocycles. The van der Waals surface area contributed by atoms with Crippen molar-refractivity contribution in [1.29, 1.82) is 0 Å². The van der Waals surface area contributed by atoms with Gasteiger partial charge in [-0.25, -0.2) is 4.79 Å². The van der Waals surface area contributed by atoms with Gasteiger partial charge in [-0.15, -0.1) is 5.10 Å². The van der Waals surface area contributed by atoms with E-state index in [0.29, 0.717) is 12.4 Å². The molecule has 0 fully saturated rings. The highest BCUT2D eigenvalue weighted by molar-refractivity contribution is 5.71. The Morgan fingerprint density at radius 1 is 1.08 bits per heavy atom. The highest BCUT2D eigenvalue weighted by Gasteiger charge is 2.15. The van der Waals surface area contributed by atoms with Crippen molar-refractivity contribution in [2.75, 3.05) is 0 Å². The Morgan fingerprint density at radius 3 is 2.60 bits per heavy atom. The lowest BCUT2D eigenvalue weighted by atomic mass is 10.1. The second kappa shape index (κ2) is 5.55. The van der Waals surface area contributed by atoms with Gasteiger partial charge in [-0.05, 0) is 5.56 Å². The molecule has 0 radical (unpaired) electrons. The summed E-state index contributed by atoms with van der Waals surface area (Å²) in [7, 11) is 2.99. The van der Waals surface area contributed by atoms with Gasteiger partial charge in [-0.3, -0.25) is 13.9 Å². The van der Waals surface area contributed by atoms with E-state index in [2.05, 4.69) is 20.3 Å². The van der Waals surface area contributed by atoms with Gasteiger partial charge >= 0.3 is 5.69 Å². The number of nitrogens with one attached hydrogen (secondary N) is 1. The van der Waals surface area contributed by atoms with Gasteiger partial charge in [0.15, 0.2) is 11.2 Å². The van der Waals surface area contributed by atoms with Gasteiger partial charge in [-0.2, -0.15) is 9.67 Å². The van der Waals surface area contributed by atoms with Gasteiger partial charge in [0, 0.05) is 20.5 Å². The van der Waals surface area contributed by atoms with Crippen molar-refractivity contribution >= 4 is 11.2 Å². The molecular formula is C16H15N7O2. The van der Waals surface area contributed by atoms with Crippen LogP contribution in [-0.2, 0) is 20.5 Å². The summed E-state index contributed by atoms with van der Waals surface area (Å²) in [5, 5.41) is 8.20. The van der Waals surface area contributed by atoms with Crippen molar-refractivity contribution in [3.63, 3.8) is 0 Å². The summed E-state index contributed by atoms with van der Waals surface area (Å²) in [4.78, 5) is 31.5. The molecule has 4 rings (SSSR count). The molecule has 3 heterocycles. The third-order valence-electron chi connectivity index (χ3n) is 4.07. The number of hydrogen-bond donors (Lipinski definition) is 1. The number of benzene rings is 1. The molecule has 9 nitrogen and oxygen atoms in total. The summed E-state index contributed by atoms with van der Waals surface area (Å²) in [5.74, 6) is 0.333. The van der Waals surface area contributed by atoms with Crippen LogP contribution >= 0.6 is 0 Å². The molecule has 0 aliphatic rings. The van der Waals surface area contributed by atoms with Crippen molar-refractivity contribution < 1.29 is 0 Å². The molecule has 0 spiro atoms. The van der Waals surface area contributed by atoms with E-state index in [0.717, 1.165) is 15.8 Å². The third-order valence-corrected chi connectivity index (χ3v) is 4.07. The van der Waals surface area contributed by atoms with Gasteiger partial charge in [0.1, 0.15) is 0 Å². The molecule has 0 saturated heterocycles. The number of H-pyrrole nitrogens is 1. The minimum atomic E-state index is -0.432. The van der Waals surface area contributed by atoms with Crippen LogP contribution in [0.4, 0.5) is 0 Å². The summed E-state index contributed by atoms with van der Waals surface area (Å²) in [5.41, 5.74) is 1.56. The van der Waals surface area contributed by atoms with E-state index < -0.39 is 11.2 Å². The molecule has 0 amide bonds. The summed E-state index contributed by atoms with van der Waals surface area (Å²) < 4.78 is 3.81. The van der Waals surface area contributed by atoms with Gasteiger partial charge in [0.25, 0.3) is 5.56 Å². The Balaban J connectivity index is 1.76. The van der Waals surface area contributed by atoms with Gasteiger partial charge in [0.2, 0.25) is 5.95 Å². The molecule has 9 heteroatoms. The third kappa shape index (κ3) is 2.45. The molecular weight excluding hydrogens is 322 g/mol. The van der Waals surface area contributed by atoms with Crippen LogP contribution in [0.15, 0.2) is 46.1 Å². The molecule has 126 valence electrons. The van der Waals surface area contributed by atoms with Crippen molar-refractivity contribution in [3.8, 4) is 5.95 Å². The van der Waals surface area contributed by atoms with E-state index in [-0.39, 0.29) is 11.2 Å². The fraction of sp³-hybridized carbons (Fsp3) is 0.188. The maximum absolute atomic E-state index is 12.2. The number of aromatic nitrogens is 7. The van der Waals surface area contributed by atoms with E-state index in [1.54, 1.807) is 13.2 Å². The molecule has 0 bridgehead atoms. The molecule has 0 aliphatic heterocycles. The lowest BCUT2D eigenvalue weighted by molar-refractivity contribution is 0.708. The van der Waals surface area contributed by atoms with Gasteiger partial charge in [-0.1, -0.05) is 35.5 Å². The van der Waals surface area contributed by atoms with Gasteiger partial charge in [0.05, 0.1) is 11.9 Å². The van der Waals surface area contributed by atoms with E-state index in [4.69, 9.17) is 0 Å². The number of aryl methyl sites for hydroxylation is 1. The molecule has 25 heavy (non-hydrogen) atoms. The second-order valence-corrected chi connectivity index (χ2v) is 5.78. The summed E-state index contributed by atoms with van der Waals surface area (Å²) >= 11 is 0. The number of imidazole rings is 1.